The number of H-pyrrole nitrogens is 1. The normalized spacial score (nSPS) is 22.9. The Bertz CT molecular complexity index is 799. The van der Waals surface area contributed by atoms with Gasteiger partial charge >= 0.3 is 5.69 Å². The third-order valence-electron chi connectivity index (χ3n) is 5.29. The second kappa shape index (κ2) is 5.92. The Balaban J connectivity index is 1.44. The van der Waals surface area contributed by atoms with E-state index in [0.29, 0.717) is 18.0 Å². The Morgan fingerprint density at radius 1 is 1.29 bits per heavy atom. The molecule has 24 heavy (non-hydrogen) atoms. The maximum atomic E-state index is 12.7. The number of aromatic amines is 1. The van der Waals surface area contributed by atoms with Crippen LogP contribution in [0.1, 0.15) is 42.7 Å². The SMILES string of the molecule is Cc1ccccc1C1CC(N(C(=O)Cn2cn[nH]c2=O)C2CC2)C1. The van der Waals surface area contributed by atoms with Crippen LogP contribution in [-0.2, 0) is 11.3 Å². The summed E-state index contributed by atoms with van der Waals surface area (Å²) < 4.78 is 1.34. The third-order valence-corrected chi connectivity index (χ3v) is 5.29. The van der Waals surface area contributed by atoms with Gasteiger partial charge in [0.2, 0.25) is 5.91 Å². The monoisotopic (exact) mass is 326 g/mol. The molecule has 0 unspecified atom stereocenters. The fourth-order valence-electron chi connectivity index (χ4n) is 3.78. The number of carbonyl (C=O) groups is 1. The summed E-state index contributed by atoms with van der Waals surface area (Å²) in [5.41, 5.74) is 2.41. The second-order valence-corrected chi connectivity index (χ2v) is 7.00. The number of nitrogens with one attached hydrogen (secondary N) is 1. The first-order valence-corrected chi connectivity index (χ1v) is 8.60. The van der Waals surface area contributed by atoms with Gasteiger partial charge in [-0.1, -0.05) is 24.3 Å². The smallest absolute Gasteiger partial charge is 0.335 e. The standard InChI is InChI=1S/C18H22N4O2/c1-12-4-2-3-5-16(12)13-8-15(9-13)22(14-6-7-14)17(23)10-21-11-19-20-18(21)24/h2-5,11,13-15H,6-10H2,1H3,(H,20,24). The van der Waals surface area contributed by atoms with Crippen LogP contribution in [0.2, 0.25) is 0 Å². The first-order valence-electron chi connectivity index (χ1n) is 8.60. The van der Waals surface area contributed by atoms with Gasteiger partial charge in [-0.15, -0.1) is 0 Å². The van der Waals surface area contributed by atoms with Gasteiger partial charge in [0, 0.05) is 12.1 Å². The molecular weight excluding hydrogens is 304 g/mol. The predicted molar refractivity (Wildman–Crippen MR) is 89.7 cm³/mol. The molecule has 126 valence electrons. The Labute approximate surface area is 140 Å². The maximum Gasteiger partial charge on any atom is 0.343 e. The number of hydrogen-bond acceptors (Lipinski definition) is 3. The fraction of sp³-hybridized carbons (Fsp3) is 0.500. The van der Waals surface area contributed by atoms with Crippen molar-refractivity contribution in [2.24, 2.45) is 0 Å². The Morgan fingerprint density at radius 2 is 2.04 bits per heavy atom. The zero-order valence-electron chi connectivity index (χ0n) is 13.8. The van der Waals surface area contributed by atoms with E-state index in [1.54, 1.807) is 0 Å². The van der Waals surface area contributed by atoms with Crippen molar-refractivity contribution < 1.29 is 4.79 Å². The second-order valence-electron chi connectivity index (χ2n) is 7.00. The summed E-state index contributed by atoms with van der Waals surface area (Å²) in [6.45, 7) is 2.23. The molecule has 0 radical (unpaired) electrons. The summed E-state index contributed by atoms with van der Waals surface area (Å²) in [6, 6.07) is 9.17. The largest absolute Gasteiger partial charge is 0.343 e. The molecule has 1 aromatic carbocycles. The zero-order chi connectivity index (χ0) is 16.7. The highest BCUT2D eigenvalue weighted by Gasteiger charge is 2.43. The minimum atomic E-state index is -0.328. The molecule has 2 aromatic rings. The molecule has 2 aliphatic carbocycles. The Morgan fingerprint density at radius 3 is 2.67 bits per heavy atom. The van der Waals surface area contributed by atoms with Gasteiger partial charge < -0.3 is 4.90 Å². The van der Waals surface area contributed by atoms with Crippen LogP contribution >= 0.6 is 0 Å². The number of hydrogen-bond donors (Lipinski definition) is 1. The van der Waals surface area contributed by atoms with Crippen LogP contribution in [0.3, 0.4) is 0 Å². The number of aromatic nitrogens is 3. The summed E-state index contributed by atoms with van der Waals surface area (Å²) in [5, 5.41) is 6.03. The molecule has 0 atom stereocenters. The van der Waals surface area contributed by atoms with Crippen molar-refractivity contribution in [1.29, 1.82) is 0 Å². The Kier molecular flexibility index (Phi) is 3.75. The lowest BCUT2D eigenvalue weighted by Crippen LogP contribution is -2.50. The van der Waals surface area contributed by atoms with E-state index in [-0.39, 0.29) is 18.1 Å². The number of rotatable bonds is 5. The summed E-state index contributed by atoms with van der Waals surface area (Å²) in [5.74, 6) is 0.580. The van der Waals surface area contributed by atoms with Crippen LogP contribution in [0.25, 0.3) is 0 Å². The van der Waals surface area contributed by atoms with Crippen LogP contribution in [0.15, 0.2) is 35.4 Å². The van der Waals surface area contributed by atoms with Gasteiger partial charge in [0.1, 0.15) is 12.9 Å². The predicted octanol–water partition coefficient (Wildman–Crippen LogP) is 1.82. The van der Waals surface area contributed by atoms with Crippen LogP contribution < -0.4 is 5.69 Å². The lowest BCUT2D eigenvalue weighted by atomic mass is 9.73. The lowest BCUT2D eigenvalue weighted by Gasteiger charge is -2.44. The van der Waals surface area contributed by atoms with E-state index < -0.39 is 0 Å². The van der Waals surface area contributed by atoms with Crippen molar-refractivity contribution in [2.45, 2.75) is 57.2 Å². The van der Waals surface area contributed by atoms with E-state index in [1.807, 2.05) is 4.90 Å². The van der Waals surface area contributed by atoms with Crippen LogP contribution in [-0.4, -0.2) is 37.7 Å². The summed E-state index contributed by atoms with van der Waals surface area (Å²) >= 11 is 0. The molecule has 1 amide bonds. The molecule has 0 aliphatic heterocycles. The van der Waals surface area contributed by atoms with E-state index >= 15 is 0 Å². The number of amides is 1. The van der Waals surface area contributed by atoms with E-state index in [4.69, 9.17) is 0 Å². The molecule has 1 heterocycles. The minimum Gasteiger partial charge on any atom is -0.335 e. The van der Waals surface area contributed by atoms with Crippen molar-refractivity contribution in [1.82, 2.24) is 19.7 Å². The highest BCUT2D eigenvalue weighted by molar-refractivity contribution is 5.77. The van der Waals surface area contributed by atoms with E-state index in [2.05, 4.69) is 41.4 Å². The molecule has 0 bridgehead atoms. The van der Waals surface area contributed by atoms with E-state index in [1.165, 1.54) is 22.0 Å². The van der Waals surface area contributed by atoms with E-state index in [0.717, 1.165) is 25.7 Å². The lowest BCUT2D eigenvalue weighted by molar-refractivity contribution is -0.137. The zero-order valence-corrected chi connectivity index (χ0v) is 13.8. The first kappa shape index (κ1) is 15.2. The van der Waals surface area contributed by atoms with Crippen LogP contribution in [0, 0.1) is 6.92 Å². The van der Waals surface area contributed by atoms with Gasteiger partial charge in [0.05, 0.1) is 0 Å². The molecule has 2 fully saturated rings. The average molecular weight is 326 g/mol. The van der Waals surface area contributed by atoms with Gasteiger partial charge in [0.15, 0.2) is 0 Å². The molecule has 2 saturated carbocycles. The summed E-state index contributed by atoms with van der Waals surface area (Å²) in [7, 11) is 0. The topological polar surface area (TPSA) is 71.0 Å². The molecule has 6 nitrogen and oxygen atoms in total. The molecule has 2 aliphatic rings. The minimum absolute atomic E-state index is 0.0363. The van der Waals surface area contributed by atoms with Crippen molar-refractivity contribution >= 4 is 5.91 Å². The number of aryl methyl sites for hydroxylation is 1. The van der Waals surface area contributed by atoms with Gasteiger partial charge in [-0.3, -0.25) is 9.36 Å². The number of benzene rings is 1. The summed E-state index contributed by atoms with van der Waals surface area (Å²) in [6.07, 6.45) is 5.60. The fourth-order valence-corrected chi connectivity index (χ4v) is 3.78. The number of nitrogens with zero attached hydrogens (tertiary/aromatic N) is 3. The van der Waals surface area contributed by atoms with Crippen LogP contribution in [0.4, 0.5) is 0 Å². The molecule has 6 heteroatoms. The number of carbonyl (C=O) groups excluding carboxylic acids is 1. The highest BCUT2D eigenvalue weighted by Crippen LogP contribution is 2.44. The first-order chi connectivity index (χ1) is 11.6. The maximum absolute atomic E-state index is 12.7. The van der Waals surface area contributed by atoms with Crippen molar-refractivity contribution in [3.63, 3.8) is 0 Å². The third kappa shape index (κ3) is 2.77. The van der Waals surface area contributed by atoms with Gasteiger partial charge in [-0.25, -0.2) is 9.89 Å². The summed E-state index contributed by atoms with van der Waals surface area (Å²) in [4.78, 5) is 26.3. The average Bonchev–Trinajstić information content (AvgIpc) is 3.27. The van der Waals surface area contributed by atoms with Gasteiger partial charge in [-0.2, -0.15) is 5.10 Å². The molecule has 0 spiro atoms. The highest BCUT2D eigenvalue weighted by atomic mass is 16.2. The quantitative estimate of drug-likeness (QED) is 0.911. The Hall–Kier alpha value is -2.37. The molecule has 1 aromatic heterocycles. The van der Waals surface area contributed by atoms with Crippen molar-refractivity contribution in [3.8, 4) is 0 Å². The molecule has 1 N–H and O–H groups in total. The van der Waals surface area contributed by atoms with Crippen molar-refractivity contribution in [2.75, 3.05) is 0 Å². The molecular formula is C18H22N4O2. The van der Waals surface area contributed by atoms with Gasteiger partial charge in [0.25, 0.3) is 0 Å². The van der Waals surface area contributed by atoms with Gasteiger partial charge in [-0.05, 0) is 49.7 Å². The van der Waals surface area contributed by atoms with E-state index in [9.17, 15) is 9.59 Å². The molecule has 0 saturated heterocycles. The van der Waals surface area contributed by atoms with Crippen LogP contribution in [0.5, 0.6) is 0 Å². The molecule has 4 rings (SSSR count). The van der Waals surface area contributed by atoms with Crippen molar-refractivity contribution in [3.05, 3.63) is 52.2 Å².